The van der Waals surface area contributed by atoms with E-state index in [-0.39, 0.29) is 17.6 Å². The van der Waals surface area contributed by atoms with Gasteiger partial charge < -0.3 is 19.9 Å². The molecule has 5 rings (SSSR count). The van der Waals surface area contributed by atoms with Crippen molar-refractivity contribution < 1.29 is 9.53 Å². The minimum absolute atomic E-state index is 0.183. The highest BCUT2D eigenvalue weighted by atomic mass is 32.1. The van der Waals surface area contributed by atoms with E-state index in [9.17, 15) is 4.79 Å². The first-order valence-corrected chi connectivity index (χ1v) is 11.7. The zero-order chi connectivity index (χ0) is 23.2. The topological polar surface area (TPSA) is 100 Å². The summed E-state index contributed by atoms with van der Waals surface area (Å²) in [6.45, 7) is 7.64. The number of hydrogen-bond donors (Lipinski definition) is 2. The highest BCUT2D eigenvalue weighted by molar-refractivity contribution is 7.15. The van der Waals surface area contributed by atoms with E-state index in [4.69, 9.17) is 9.72 Å². The molecule has 172 valence electrons. The summed E-state index contributed by atoms with van der Waals surface area (Å²) in [5, 5.41) is 10.8. The van der Waals surface area contributed by atoms with Crippen LogP contribution in [0.5, 0.6) is 0 Å². The number of thiophene rings is 1. The molecule has 9 nitrogen and oxygen atoms in total. The van der Waals surface area contributed by atoms with Crippen LogP contribution in [0.15, 0.2) is 36.9 Å². The molecule has 4 aromatic rings. The van der Waals surface area contributed by atoms with E-state index in [1.807, 2.05) is 29.8 Å². The van der Waals surface area contributed by atoms with Crippen molar-refractivity contribution in [2.24, 2.45) is 0 Å². The maximum absolute atomic E-state index is 13.3. The Morgan fingerprint density at radius 2 is 2.24 bits per heavy atom. The zero-order valence-corrected chi connectivity index (χ0v) is 19.9. The van der Waals surface area contributed by atoms with Crippen molar-refractivity contribution in [1.29, 1.82) is 0 Å². The monoisotopic (exact) mass is 465 g/mol. The van der Waals surface area contributed by atoms with Crippen LogP contribution in [0.1, 0.15) is 47.4 Å². The van der Waals surface area contributed by atoms with Crippen molar-refractivity contribution in [2.45, 2.75) is 38.8 Å². The Kier molecular flexibility index (Phi) is 5.41. The van der Waals surface area contributed by atoms with Gasteiger partial charge in [-0.3, -0.25) is 9.20 Å². The summed E-state index contributed by atoms with van der Waals surface area (Å²) in [7, 11) is 1.75. The minimum atomic E-state index is -0.301. The fourth-order valence-electron chi connectivity index (χ4n) is 4.26. The van der Waals surface area contributed by atoms with E-state index >= 15 is 0 Å². The first kappa shape index (κ1) is 21.6. The normalized spacial score (nSPS) is 19.3. The number of nitrogens with one attached hydrogen (secondary N) is 2. The summed E-state index contributed by atoms with van der Waals surface area (Å²) in [4.78, 5) is 25.6. The highest BCUT2D eigenvalue weighted by Gasteiger charge is 2.35. The maximum atomic E-state index is 13.3. The molecule has 0 aromatic carbocycles. The number of imidazole rings is 1. The number of nitrogens with zero attached hydrogens (tertiary/aromatic N) is 5. The van der Waals surface area contributed by atoms with Gasteiger partial charge in [0.05, 0.1) is 39.7 Å². The summed E-state index contributed by atoms with van der Waals surface area (Å²) < 4.78 is 7.77. The lowest BCUT2D eigenvalue weighted by Gasteiger charge is -2.25. The van der Waals surface area contributed by atoms with Gasteiger partial charge in [0.15, 0.2) is 11.5 Å². The molecule has 1 saturated heterocycles. The third-order valence-corrected chi connectivity index (χ3v) is 7.33. The Morgan fingerprint density at radius 1 is 1.39 bits per heavy atom. The standard InChI is InChI=1S/C23H27N7O2S/c1-14-5-6-19(33-14)18-10-24-21-17(29-8-7-23(3,12-29)32-4)9-16(11-30(18)21)22(31)27-15(2)20-25-13-26-28-20/h5-6,9-11,13,15H,7-8,12H2,1-4H3,(H,27,31)(H,25,26,28)/t15-,23?/m0/s1. The van der Waals surface area contributed by atoms with Crippen LogP contribution in [-0.4, -0.2) is 56.3 Å². The van der Waals surface area contributed by atoms with Crippen molar-refractivity contribution >= 4 is 28.6 Å². The number of aromatic amines is 1. The van der Waals surface area contributed by atoms with Crippen LogP contribution in [0.4, 0.5) is 5.69 Å². The quantitative estimate of drug-likeness (QED) is 0.451. The summed E-state index contributed by atoms with van der Waals surface area (Å²) in [6.07, 6.45) is 6.16. The molecule has 2 atom stereocenters. The second kappa shape index (κ2) is 8.27. The largest absolute Gasteiger partial charge is 0.377 e. The van der Waals surface area contributed by atoms with Gasteiger partial charge in [0.25, 0.3) is 5.91 Å². The number of aromatic nitrogens is 5. The van der Waals surface area contributed by atoms with E-state index in [1.54, 1.807) is 18.4 Å². The fraction of sp³-hybridized carbons (Fsp3) is 0.391. The highest BCUT2D eigenvalue weighted by Crippen LogP contribution is 2.35. The van der Waals surface area contributed by atoms with E-state index in [2.05, 4.69) is 51.4 Å². The Balaban J connectivity index is 1.58. The van der Waals surface area contributed by atoms with Crippen molar-refractivity contribution in [3.05, 3.63) is 53.2 Å². The van der Waals surface area contributed by atoms with Gasteiger partial charge in [0, 0.05) is 31.3 Å². The predicted molar refractivity (Wildman–Crippen MR) is 128 cm³/mol. The minimum Gasteiger partial charge on any atom is -0.377 e. The second-order valence-electron chi connectivity index (χ2n) is 8.76. The molecular weight excluding hydrogens is 438 g/mol. The average Bonchev–Trinajstić information content (AvgIpc) is 3.59. The van der Waals surface area contributed by atoms with Gasteiger partial charge in [-0.15, -0.1) is 21.5 Å². The van der Waals surface area contributed by atoms with Crippen LogP contribution in [0.2, 0.25) is 0 Å². The molecule has 0 bridgehead atoms. The molecule has 1 fully saturated rings. The lowest BCUT2D eigenvalue weighted by atomic mass is 10.1. The second-order valence-corrected chi connectivity index (χ2v) is 10.0. The van der Waals surface area contributed by atoms with Gasteiger partial charge in [0.1, 0.15) is 6.33 Å². The first-order valence-electron chi connectivity index (χ1n) is 10.9. The van der Waals surface area contributed by atoms with Crippen LogP contribution in [0.25, 0.3) is 16.2 Å². The summed E-state index contributed by atoms with van der Waals surface area (Å²) in [6, 6.07) is 5.82. The van der Waals surface area contributed by atoms with E-state index < -0.39 is 0 Å². The molecule has 0 saturated carbocycles. The number of methoxy groups -OCH3 is 1. The van der Waals surface area contributed by atoms with Gasteiger partial charge in [-0.05, 0) is 45.4 Å². The maximum Gasteiger partial charge on any atom is 0.253 e. The number of fused-ring (bicyclic) bond motifs is 1. The van der Waals surface area contributed by atoms with Crippen molar-refractivity contribution in [3.63, 3.8) is 0 Å². The zero-order valence-electron chi connectivity index (χ0n) is 19.1. The number of aryl methyl sites for hydroxylation is 1. The van der Waals surface area contributed by atoms with Crippen molar-refractivity contribution in [2.75, 3.05) is 25.1 Å². The lowest BCUT2D eigenvalue weighted by Crippen LogP contribution is -2.32. The molecule has 2 N–H and O–H groups in total. The summed E-state index contributed by atoms with van der Waals surface area (Å²) >= 11 is 1.71. The number of carbonyl (C=O) groups is 1. The number of ether oxygens (including phenoxy) is 1. The smallest absolute Gasteiger partial charge is 0.253 e. The molecule has 10 heteroatoms. The molecule has 1 aliphatic rings. The number of hydrogen-bond acceptors (Lipinski definition) is 7. The van der Waals surface area contributed by atoms with Gasteiger partial charge in [-0.1, -0.05) is 0 Å². The fourth-order valence-corrected chi connectivity index (χ4v) is 5.14. The molecule has 33 heavy (non-hydrogen) atoms. The van der Waals surface area contributed by atoms with Gasteiger partial charge in [0.2, 0.25) is 0 Å². The van der Waals surface area contributed by atoms with Crippen LogP contribution >= 0.6 is 11.3 Å². The average molecular weight is 466 g/mol. The van der Waals surface area contributed by atoms with Gasteiger partial charge >= 0.3 is 0 Å². The SMILES string of the molecule is COC1(C)CCN(c2cc(C(=O)N[C@@H](C)c3nnc[nH]3)cn3c(-c4ccc(C)s4)cnc23)C1. The third-order valence-electron chi connectivity index (χ3n) is 6.30. The molecule has 1 aliphatic heterocycles. The number of anilines is 1. The predicted octanol–water partition coefficient (Wildman–Crippen LogP) is 3.60. The van der Waals surface area contributed by atoms with E-state index in [0.29, 0.717) is 11.4 Å². The first-order chi connectivity index (χ1) is 15.9. The van der Waals surface area contributed by atoms with Crippen LogP contribution in [0, 0.1) is 6.92 Å². The molecule has 0 radical (unpaired) electrons. The molecule has 5 heterocycles. The van der Waals surface area contributed by atoms with Crippen LogP contribution in [0.3, 0.4) is 0 Å². The number of carbonyl (C=O) groups excluding carboxylic acids is 1. The van der Waals surface area contributed by atoms with Gasteiger partial charge in [-0.2, -0.15) is 0 Å². The molecule has 1 amide bonds. The lowest BCUT2D eigenvalue weighted by molar-refractivity contribution is 0.0257. The Hall–Kier alpha value is -3.24. The van der Waals surface area contributed by atoms with Crippen LogP contribution in [-0.2, 0) is 4.74 Å². The number of rotatable bonds is 6. The Bertz CT molecular complexity index is 1300. The van der Waals surface area contributed by atoms with Crippen molar-refractivity contribution in [1.82, 2.24) is 29.9 Å². The van der Waals surface area contributed by atoms with E-state index in [1.165, 1.54) is 11.2 Å². The molecule has 0 spiro atoms. The molecule has 0 aliphatic carbocycles. The molecule has 1 unspecified atom stereocenters. The number of H-pyrrole nitrogens is 1. The third kappa shape index (κ3) is 4.00. The summed E-state index contributed by atoms with van der Waals surface area (Å²) in [5.74, 6) is 0.426. The van der Waals surface area contributed by atoms with Gasteiger partial charge in [-0.25, -0.2) is 4.98 Å². The number of amides is 1. The summed E-state index contributed by atoms with van der Waals surface area (Å²) in [5.41, 5.74) is 3.06. The Labute approximate surface area is 195 Å². The number of pyridine rings is 1. The molecule has 4 aromatic heterocycles. The Morgan fingerprint density at radius 3 is 2.91 bits per heavy atom. The molecular formula is C23H27N7O2S. The van der Waals surface area contributed by atoms with E-state index in [0.717, 1.165) is 41.4 Å². The van der Waals surface area contributed by atoms with Crippen LogP contribution < -0.4 is 10.2 Å². The van der Waals surface area contributed by atoms with Crippen molar-refractivity contribution in [3.8, 4) is 10.6 Å².